The van der Waals surface area contributed by atoms with Gasteiger partial charge in [-0.2, -0.15) is 0 Å². The van der Waals surface area contributed by atoms with Crippen LogP contribution >= 0.6 is 7.60 Å². The van der Waals surface area contributed by atoms with Crippen LogP contribution in [0.1, 0.15) is 46.6 Å². The quantitative estimate of drug-likeness (QED) is 0.400. The molecule has 0 saturated heterocycles. The number of carboxylic acid groups (broad SMARTS) is 1. The van der Waals surface area contributed by atoms with Gasteiger partial charge in [0.05, 0.1) is 13.2 Å². The molecular weight excluding hydrogens is 435 g/mol. The van der Waals surface area contributed by atoms with Gasteiger partial charge in [0.1, 0.15) is 18.2 Å². The Bertz CT molecular complexity index is 791. The zero-order valence-electron chi connectivity index (χ0n) is 19.4. The number of carboxylic acids is 1. The molecule has 0 aliphatic heterocycles. The number of hydrogen-bond acceptors (Lipinski definition) is 6. The molecule has 1 aromatic carbocycles. The van der Waals surface area contributed by atoms with E-state index in [2.05, 4.69) is 5.32 Å². The molecule has 2 atom stereocenters. The second-order valence-corrected chi connectivity index (χ2v) is 9.66. The molecule has 10 heteroatoms. The molecule has 0 fully saturated rings. The Morgan fingerprint density at radius 1 is 1.06 bits per heavy atom. The van der Waals surface area contributed by atoms with Crippen LogP contribution in [-0.4, -0.2) is 59.2 Å². The first-order valence-corrected chi connectivity index (χ1v) is 12.6. The molecule has 0 aliphatic carbocycles. The molecule has 2 N–H and O–H groups in total. The van der Waals surface area contributed by atoms with Crippen LogP contribution in [0.3, 0.4) is 0 Å². The van der Waals surface area contributed by atoms with Gasteiger partial charge in [-0.15, -0.1) is 0 Å². The van der Waals surface area contributed by atoms with E-state index in [0.29, 0.717) is 0 Å². The molecule has 2 amide bonds. The number of nitrogens with zero attached hydrogens (tertiary/aromatic N) is 1. The van der Waals surface area contributed by atoms with Crippen molar-refractivity contribution in [3.8, 4) is 0 Å². The summed E-state index contributed by atoms with van der Waals surface area (Å²) in [6.07, 6.45) is -0.323. The largest absolute Gasteiger partial charge is 0.480 e. The molecule has 1 rings (SSSR count). The monoisotopic (exact) mass is 470 g/mol. The zero-order chi connectivity index (χ0) is 24.3. The predicted octanol–water partition coefficient (Wildman–Crippen LogP) is 3.29. The fourth-order valence-electron chi connectivity index (χ4n) is 3.30. The SMILES string of the molecule is CCOP(=O)(CC(=O)N(Cc1ccccc1)C(C(=O)NC(CC)C(=O)O)C(C)C)OCC. The van der Waals surface area contributed by atoms with Crippen LogP contribution in [0.25, 0.3) is 0 Å². The number of carbonyl (C=O) groups excluding carboxylic acids is 2. The third kappa shape index (κ3) is 8.37. The summed E-state index contributed by atoms with van der Waals surface area (Å²) in [4.78, 5) is 39.2. The lowest BCUT2D eigenvalue weighted by Gasteiger charge is -2.35. The van der Waals surface area contributed by atoms with Gasteiger partial charge < -0.3 is 24.4 Å². The van der Waals surface area contributed by atoms with E-state index >= 15 is 0 Å². The Labute approximate surface area is 190 Å². The van der Waals surface area contributed by atoms with E-state index in [0.717, 1.165) is 5.56 Å². The summed E-state index contributed by atoms with van der Waals surface area (Å²) in [5.41, 5.74) is 0.771. The highest BCUT2D eigenvalue weighted by molar-refractivity contribution is 7.54. The molecule has 9 nitrogen and oxygen atoms in total. The van der Waals surface area contributed by atoms with Gasteiger partial charge in [0.25, 0.3) is 0 Å². The molecule has 2 unspecified atom stereocenters. The molecule has 1 aromatic rings. The maximum absolute atomic E-state index is 13.3. The van der Waals surface area contributed by atoms with Gasteiger partial charge in [0, 0.05) is 6.54 Å². The zero-order valence-corrected chi connectivity index (χ0v) is 20.3. The summed E-state index contributed by atoms with van der Waals surface area (Å²) in [5.74, 6) is -2.65. The molecule has 0 spiro atoms. The summed E-state index contributed by atoms with van der Waals surface area (Å²) in [6, 6.07) is 7.03. The van der Waals surface area contributed by atoms with Crippen molar-refractivity contribution < 1.29 is 33.1 Å². The molecular formula is C22H35N2O7P. The lowest BCUT2D eigenvalue weighted by Crippen LogP contribution is -2.55. The molecule has 0 radical (unpaired) electrons. The van der Waals surface area contributed by atoms with Crippen LogP contribution in [0.4, 0.5) is 0 Å². The summed E-state index contributed by atoms with van der Waals surface area (Å²) in [7, 11) is -3.70. The minimum Gasteiger partial charge on any atom is -0.480 e. The highest BCUT2D eigenvalue weighted by atomic mass is 31.2. The topological polar surface area (TPSA) is 122 Å². The fourth-order valence-corrected chi connectivity index (χ4v) is 4.86. The van der Waals surface area contributed by atoms with E-state index in [-0.39, 0.29) is 32.1 Å². The second-order valence-electron chi connectivity index (χ2n) is 7.61. The molecule has 0 saturated carbocycles. The van der Waals surface area contributed by atoms with Gasteiger partial charge in [0.15, 0.2) is 0 Å². The van der Waals surface area contributed by atoms with Gasteiger partial charge in [0.2, 0.25) is 11.8 Å². The van der Waals surface area contributed by atoms with E-state index in [4.69, 9.17) is 9.05 Å². The summed E-state index contributed by atoms with van der Waals surface area (Å²) in [6.45, 7) is 8.78. The van der Waals surface area contributed by atoms with Crippen molar-refractivity contribution in [2.24, 2.45) is 5.92 Å². The van der Waals surface area contributed by atoms with Crippen molar-refractivity contribution in [3.05, 3.63) is 35.9 Å². The Balaban J connectivity index is 3.31. The van der Waals surface area contributed by atoms with E-state index in [9.17, 15) is 24.1 Å². The van der Waals surface area contributed by atoms with Gasteiger partial charge in [-0.1, -0.05) is 51.1 Å². The first kappa shape index (κ1) is 27.8. The third-order valence-corrected chi connectivity index (χ3v) is 6.72. The number of rotatable bonds is 14. The number of hydrogen-bond donors (Lipinski definition) is 2. The van der Waals surface area contributed by atoms with Crippen molar-refractivity contribution in [2.75, 3.05) is 19.4 Å². The van der Waals surface area contributed by atoms with Crippen LogP contribution in [0, 0.1) is 5.92 Å². The Hall–Kier alpha value is -2.22. The minimum atomic E-state index is -3.70. The smallest absolute Gasteiger partial charge is 0.340 e. The minimum absolute atomic E-state index is 0.0814. The number of benzene rings is 1. The van der Waals surface area contributed by atoms with Crippen LogP contribution in [0.5, 0.6) is 0 Å². The Morgan fingerprint density at radius 3 is 2.06 bits per heavy atom. The first-order chi connectivity index (χ1) is 15.1. The molecule has 0 heterocycles. The van der Waals surface area contributed by atoms with Crippen LogP contribution in [-0.2, 0) is 34.5 Å². The maximum atomic E-state index is 13.3. The lowest BCUT2D eigenvalue weighted by molar-refractivity contribution is -0.145. The van der Waals surface area contributed by atoms with E-state index < -0.39 is 43.6 Å². The predicted molar refractivity (Wildman–Crippen MR) is 121 cm³/mol. The number of aliphatic carboxylic acids is 1. The molecule has 0 bridgehead atoms. The van der Waals surface area contributed by atoms with Crippen molar-refractivity contribution in [2.45, 2.75) is 59.7 Å². The van der Waals surface area contributed by atoms with E-state index in [1.807, 2.05) is 30.3 Å². The second kappa shape index (κ2) is 13.4. The molecule has 180 valence electrons. The highest BCUT2D eigenvalue weighted by Gasteiger charge is 2.38. The molecule has 0 aliphatic rings. The van der Waals surface area contributed by atoms with Crippen molar-refractivity contribution in [3.63, 3.8) is 0 Å². The summed E-state index contributed by atoms with van der Waals surface area (Å²) >= 11 is 0. The van der Waals surface area contributed by atoms with Crippen LogP contribution in [0.2, 0.25) is 0 Å². The average molecular weight is 471 g/mol. The highest BCUT2D eigenvalue weighted by Crippen LogP contribution is 2.48. The first-order valence-electron chi connectivity index (χ1n) is 10.8. The van der Waals surface area contributed by atoms with Crippen molar-refractivity contribution in [1.82, 2.24) is 10.2 Å². The summed E-state index contributed by atoms with van der Waals surface area (Å²) < 4.78 is 23.5. The standard InChI is InChI=1S/C22H35N2O7P/c1-6-18(22(27)28)23-21(26)20(16(4)5)24(14-17-12-10-9-11-13-17)19(25)15-32(29,30-7-2)31-8-3/h9-13,16,18,20H,6-8,14-15H2,1-5H3,(H,23,26)(H,27,28). The average Bonchev–Trinajstić information content (AvgIpc) is 2.71. The lowest BCUT2D eigenvalue weighted by atomic mass is 9.99. The molecule has 0 aromatic heterocycles. The number of carbonyl (C=O) groups is 3. The summed E-state index contributed by atoms with van der Waals surface area (Å²) in [5, 5.41) is 11.8. The van der Waals surface area contributed by atoms with Crippen molar-refractivity contribution >= 4 is 25.4 Å². The maximum Gasteiger partial charge on any atom is 0.340 e. The van der Waals surface area contributed by atoms with E-state index in [1.54, 1.807) is 34.6 Å². The van der Waals surface area contributed by atoms with E-state index in [1.165, 1.54) is 4.90 Å². The third-order valence-electron chi connectivity index (χ3n) is 4.76. The van der Waals surface area contributed by atoms with Crippen LogP contribution in [0.15, 0.2) is 30.3 Å². The number of amides is 2. The van der Waals surface area contributed by atoms with Gasteiger partial charge in [-0.05, 0) is 31.7 Å². The van der Waals surface area contributed by atoms with Gasteiger partial charge >= 0.3 is 13.6 Å². The van der Waals surface area contributed by atoms with Gasteiger partial charge in [-0.25, -0.2) is 4.79 Å². The Kier molecular flexibility index (Phi) is 11.6. The fraction of sp³-hybridized carbons (Fsp3) is 0.591. The van der Waals surface area contributed by atoms with Crippen molar-refractivity contribution in [1.29, 1.82) is 0 Å². The number of nitrogens with one attached hydrogen (secondary N) is 1. The normalized spacial score (nSPS) is 13.4. The Morgan fingerprint density at radius 2 is 1.62 bits per heavy atom. The van der Waals surface area contributed by atoms with Crippen LogP contribution < -0.4 is 5.32 Å². The molecule has 32 heavy (non-hydrogen) atoms. The van der Waals surface area contributed by atoms with Gasteiger partial charge in [-0.3, -0.25) is 14.2 Å².